The summed E-state index contributed by atoms with van der Waals surface area (Å²) in [5, 5.41) is 3.25. The van der Waals surface area contributed by atoms with Gasteiger partial charge in [0.2, 0.25) is 10.0 Å². The van der Waals surface area contributed by atoms with Gasteiger partial charge in [-0.1, -0.05) is 0 Å². The third kappa shape index (κ3) is 6.07. The fraction of sp³-hybridized carbons (Fsp3) is 1.00. The lowest BCUT2D eigenvalue weighted by Crippen LogP contribution is -2.44. The molecule has 0 aromatic heterocycles. The van der Waals surface area contributed by atoms with Crippen LogP contribution in [0.25, 0.3) is 0 Å². The Labute approximate surface area is 122 Å². The minimum Gasteiger partial charge on any atom is -0.317 e. The number of nitrogens with zero attached hydrogens (tertiary/aromatic N) is 1. The predicted molar refractivity (Wildman–Crippen MR) is 80.9 cm³/mol. The second-order valence-corrected chi connectivity index (χ2v) is 10.1. The Morgan fingerprint density at radius 1 is 1.10 bits per heavy atom. The molecule has 120 valence electrons. The van der Waals surface area contributed by atoms with Crippen LogP contribution in [0.2, 0.25) is 0 Å². The summed E-state index contributed by atoms with van der Waals surface area (Å²) >= 11 is 0. The first-order valence-corrected chi connectivity index (χ1v) is 10.7. The molecule has 1 rings (SSSR count). The molecule has 0 aromatic carbocycles. The number of piperidine rings is 1. The number of sulfone groups is 1. The minimum absolute atomic E-state index is 0.144. The highest BCUT2D eigenvalue weighted by molar-refractivity contribution is 7.93. The second-order valence-electron chi connectivity index (χ2n) is 5.80. The van der Waals surface area contributed by atoms with Gasteiger partial charge in [0.25, 0.3) is 0 Å². The number of hydrogen-bond acceptors (Lipinski definition) is 5. The highest BCUT2D eigenvalue weighted by Gasteiger charge is 2.29. The fourth-order valence-corrected chi connectivity index (χ4v) is 5.71. The first kappa shape index (κ1) is 17.9. The smallest absolute Gasteiger partial charge is 0.215 e. The van der Waals surface area contributed by atoms with E-state index < -0.39 is 19.9 Å². The van der Waals surface area contributed by atoms with Gasteiger partial charge in [0.1, 0.15) is 9.84 Å². The first-order chi connectivity index (χ1) is 9.12. The molecule has 1 aliphatic rings. The van der Waals surface area contributed by atoms with Crippen molar-refractivity contribution in [2.24, 2.45) is 5.92 Å². The van der Waals surface area contributed by atoms with Crippen LogP contribution < -0.4 is 5.32 Å². The van der Waals surface area contributed by atoms with Gasteiger partial charge >= 0.3 is 0 Å². The number of hydrogen-bond donors (Lipinski definition) is 1. The molecule has 0 saturated carbocycles. The van der Waals surface area contributed by atoms with Crippen molar-refractivity contribution in [2.75, 3.05) is 37.4 Å². The van der Waals surface area contributed by atoms with Gasteiger partial charge in [-0.2, -0.15) is 4.31 Å². The van der Waals surface area contributed by atoms with E-state index >= 15 is 0 Å². The molecule has 0 unspecified atom stereocenters. The highest BCUT2D eigenvalue weighted by Crippen LogP contribution is 2.18. The van der Waals surface area contributed by atoms with Crippen LogP contribution in [0.5, 0.6) is 0 Å². The lowest BCUT2D eigenvalue weighted by molar-refractivity contribution is 0.261. The molecular formula is C12H26N2O4S2. The van der Waals surface area contributed by atoms with Gasteiger partial charge < -0.3 is 5.32 Å². The average Bonchev–Trinajstić information content (AvgIpc) is 2.34. The van der Waals surface area contributed by atoms with Gasteiger partial charge in [-0.25, -0.2) is 16.8 Å². The lowest BCUT2D eigenvalue weighted by Gasteiger charge is -2.32. The normalized spacial score (nSPS) is 18.9. The highest BCUT2D eigenvalue weighted by atomic mass is 32.2. The number of sulfonamides is 1. The SMILES string of the molecule is CC(C)N(CC1CCNCC1)S(=O)(=O)CCS(C)(=O)=O. The Morgan fingerprint density at radius 2 is 1.65 bits per heavy atom. The summed E-state index contributed by atoms with van der Waals surface area (Å²) in [7, 11) is -6.79. The Hall–Kier alpha value is -0.180. The molecule has 1 aliphatic heterocycles. The molecule has 0 aromatic rings. The standard InChI is InChI=1S/C12H26N2O4S2/c1-11(2)14(10-12-4-6-13-7-5-12)20(17,18)9-8-19(3,15)16/h11-13H,4-10H2,1-3H3. The minimum atomic E-state index is -3.52. The molecule has 1 fully saturated rings. The quantitative estimate of drug-likeness (QED) is 0.716. The summed E-state index contributed by atoms with van der Waals surface area (Å²) in [6.45, 7) is 5.99. The van der Waals surface area contributed by atoms with Crippen LogP contribution in [0.15, 0.2) is 0 Å². The number of rotatable bonds is 7. The molecule has 0 atom stereocenters. The summed E-state index contributed by atoms with van der Waals surface area (Å²) in [4.78, 5) is 0. The molecule has 0 radical (unpaired) electrons. The zero-order chi connectivity index (χ0) is 15.4. The van der Waals surface area contributed by atoms with E-state index in [2.05, 4.69) is 5.32 Å². The lowest BCUT2D eigenvalue weighted by atomic mass is 9.98. The molecule has 0 amide bonds. The van der Waals surface area contributed by atoms with Crippen LogP contribution in [0, 0.1) is 5.92 Å². The third-order valence-corrected chi connectivity index (χ3v) is 6.75. The van der Waals surface area contributed by atoms with Gasteiger partial charge in [-0.05, 0) is 45.7 Å². The molecular weight excluding hydrogens is 300 g/mol. The molecule has 0 bridgehead atoms. The van der Waals surface area contributed by atoms with E-state index in [4.69, 9.17) is 0 Å². The maximum atomic E-state index is 12.3. The molecule has 6 nitrogen and oxygen atoms in total. The van der Waals surface area contributed by atoms with E-state index in [0.717, 1.165) is 32.2 Å². The van der Waals surface area contributed by atoms with E-state index in [-0.39, 0.29) is 17.5 Å². The summed E-state index contributed by atoms with van der Waals surface area (Å²) in [6.07, 6.45) is 2.99. The monoisotopic (exact) mass is 326 g/mol. The maximum absolute atomic E-state index is 12.3. The van der Waals surface area contributed by atoms with Gasteiger partial charge in [0, 0.05) is 18.8 Å². The van der Waals surface area contributed by atoms with Crippen LogP contribution >= 0.6 is 0 Å². The van der Waals surface area contributed by atoms with Gasteiger partial charge in [-0.15, -0.1) is 0 Å². The van der Waals surface area contributed by atoms with Crippen molar-refractivity contribution < 1.29 is 16.8 Å². The summed E-state index contributed by atoms with van der Waals surface area (Å²) in [6, 6.07) is -0.144. The van der Waals surface area contributed by atoms with E-state index in [1.165, 1.54) is 4.31 Å². The van der Waals surface area contributed by atoms with E-state index in [9.17, 15) is 16.8 Å². The average molecular weight is 326 g/mol. The Balaban J connectivity index is 2.72. The van der Waals surface area contributed by atoms with Crippen LogP contribution in [-0.4, -0.2) is 64.6 Å². The molecule has 20 heavy (non-hydrogen) atoms. The van der Waals surface area contributed by atoms with Crippen LogP contribution in [0.4, 0.5) is 0 Å². The van der Waals surface area contributed by atoms with Crippen molar-refractivity contribution in [3.8, 4) is 0 Å². The fourth-order valence-electron chi connectivity index (χ4n) is 2.34. The van der Waals surface area contributed by atoms with Crippen molar-refractivity contribution in [3.63, 3.8) is 0 Å². The summed E-state index contributed by atoms with van der Waals surface area (Å²) < 4.78 is 48.5. The van der Waals surface area contributed by atoms with Crippen molar-refractivity contribution in [1.29, 1.82) is 0 Å². The predicted octanol–water partition coefficient (Wildman–Crippen LogP) is 0.0708. The molecule has 1 N–H and O–H groups in total. The van der Waals surface area contributed by atoms with E-state index in [1.54, 1.807) is 0 Å². The third-order valence-electron chi connectivity index (χ3n) is 3.54. The molecule has 0 aliphatic carbocycles. The van der Waals surface area contributed by atoms with Gasteiger partial charge in [0.05, 0.1) is 11.5 Å². The van der Waals surface area contributed by atoms with Gasteiger partial charge in [-0.3, -0.25) is 0 Å². The Kier molecular flexibility index (Phi) is 6.43. The summed E-state index contributed by atoms with van der Waals surface area (Å²) in [5.74, 6) is -0.286. The van der Waals surface area contributed by atoms with Crippen molar-refractivity contribution >= 4 is 19.9 Å². The van der Waals surface area contributed by atoms with Crippen LogP contribution in [-0.2, 0) is 19.9 Å². The van der Waals surface area contributed by atoms with E-state index in [0.29, 0.717) is 12.5 Å². The number of nitrogens with one attached hydrogen (secondary N) is 1. The van der Waals surface area contributed by atoms with Crippen molar-refractivity contribution in [3.05, 3.63) is 0 Å². The zero-order valence-electron chi connectivity index (χ0n) is 12.5. The van der Waals surface area contributed by atoms with Crippen molar-refractivity contribution in [1.82, 2.24) is 9.62 Å². The van der Waals surface area contributed by atoms with Gasteiger partial charge in [0.15, 0.2) is 0 Å². The van der Waals surface area contributed by atoms with Crippen LogP contribution in [0.3, 0.4) is 0 Å². The second kappa shape index (κ2) is 7.20. The maximum Gasteiger partial charge on any atom is 0.215 e. The molecule has 1 saturated heterocycles. The molecule has 1 heterocycles. The first-order valence-electron chi connectivity index (χ1n) is 7.00. The van der Waals surface area contributed by atoms with Crippen molar-refractivity contribution in [2.45, 2.75) is 32.7 Å². The van der Waals surface area contributed by atoms with E-state index in [1.807, 2.05) is 13.8 Å². The topological polar surface area (TPSA) is 83.6 Å². The Bertz CT molecular complexity index is 494. The Morgan fingerprint density at radius 3 is 2.10 bits per heavy atom. The van der Waals surface area contributed by atoms with Crippen LogP contribution in [0.1, 0.15) is 26.7 Å². The summed E-state index contributed by atoms with van der Waals surface area (Å²) in [5.41, 5.74) is 0. The zero-order valence-corrected chi connectivity index (χ0v) is 14.1. The molecule has 0 spiro atoms. The largest absolute Gasteiger partial charge is 0.317 e. The molecule has 8 heteroatoms.